The van der Waals surface area contributed by atoms with Crippen LogP contribution in [0.15, 0.2) is 59.7 Å². The highest BCUT2D eigenvalue weighted by atomic mass is 19.1. The van der Waals surface area contributed by atoms with Crippen molar-refractivity contribution < 1.29 is 9.18 Å². The second-order valence-electron chi connectivity index (χ2n) is 6.43. The largest absolute Gasteiger partial charge is 0.343 e. The Labute approximate surface area is 155 Å². The highest BCUT2D eigenvalue weighted by molar-refractivity contribution is 5.94. The van der Waals surface area contributed by atoms with Gasteiger partial charge in [0.25, 0.3) is 11.5 Å². The molecular weight excluding hydrogens is 347 g/mol. The zero-order valence-corrected chi connectivity index (χ0v) is 14.9. The third-order valence-corrected chi connectivity index (χ3v) is 4.11. The average molecular weight is 366 g/mol. The first-order chi connectivity index (χ1) is 13.0. The standard InChI is InChI=1S/C20H19FN4O2/c1-12(2)18(25-20(27)14-5-3-4-6-15(14)21)16-11-17(26)24-19(23-16)13-7-9-22-10-8-13/h3-12,18H,1-2H3,(H,25,27)(H,23,24,26)/t18-/m1/s1. The summed E-state index contributed by atoms with van der Waals surface area (Å²) < 4.78 is 13.9. The summed E-state index contributed by atoms with van der Waals surface area (Å²) in [6, 6.07) is 9.99. The van der Waals surface area contributed by atoms with E-state index in [0.717, 1.165) is 0 Å². The Morgan fingerprint density at radius 3 is 2.52 bits per heavy atom. The van der Waals surface area contributed by atoms with Crippen LogP contribution in [0.3, 0.4) is 0 Å². The number of amides is 1. The molecular formula is C20H19FN4O2. The van der Waals surface area contributed by atoms with Crippen LogP contribution in [0.1, 0.15) is 35.9 Å². The summed E-state index contributed by atoms with van der Waals surface area (Å²) in [6.07, 6.45) is 3.20. The van der Waals surface area contributed by atoms with E-state index in [-0.39, 0.29) is 17.0 Å². The van der Waals surface area contributed by atoms with Crippen LogP contribution in [0.5, 0.6) is 0 Å². The van der Waals surface area contributed by atoms with Crippen LogP contribution in [-0.4, -0.2) is 20.9 Å². The topological polar surface area (TPSA) is 87.7 Å². The van der Waals surface area contributed by atoms with Gasteiger partial charge < -0.3 is 10.3 Å². The van der Waals surface area contributed by atoms with Crippen molar-refractivity contribution in [1.29, 1.82) is 0 Å². The molecule has 0 aliphatic heterocycles. The molecule has 0 aliphatic rings. The molecule has 3 aromatic rings. The smallest absolute Gasteiger partial charge is 0.254 e. The summed E-state index contributed by atoms with van der Waals surface area (Å²) in [5.74, 6) is -0.848. The van der Waals surface area contributed by atoms with E-state index in [1.54, 1.807) is 30.6 Å². The first-order valence-corrected chi connectivity index (χ1v) is 8.52. The summed E-state index contributed by atoms with van der Waals surface area (Å²) in [5.41, 5.74) is 0.720. The lowest BCUT2D eigenvalue weighted by atomic mass is 9.99. The number of halogens is 1. The van der Waals surface area contributed by atoms with Gasteiger partial charge in [-0.25, -0.2) is 9.37 Å². The predicted molar refractivity (Wildman–Crippen MR) is 99.5 cm³/mol. The molecule has 3 rings (SSSR count). The molecule has 0 fully saturated rings. The van der Waals surface area contributed by atoms with Crippen molar-refractivity contribution in [2.75, 3.05) is 0 Å². The minimum Gasteiger partial charge on any atom is -0.343 e. The number of nitrogens with one attached hydrogen (secondary N) is 2. The maximum Gasteiger partial charge on any atom is 0.254 e. The molecule has 0 unspecified atom stereocenters. The Morgan fingerprint density at radius 2 is 1.85 bits per heavy atom. The van der Waals surface area contributed by atoms with Crippen molar-refractivity contribution in [3.63, 3.8) is 0 Å². The number of benzene rings is 1. The van der Waals surface area contributed by atoms with Crippen molar-refractivity contribution in [3.05, 3.63) is 82.3 Å². The van der Waals surface area contributed by atoms with E-state index in [2.05, 4.69) is 20.3 Å². The lowest BCUT2D eigenvalue weighted by Crippen LogP contribution is -2.33. The van der Waals surface area contributed by atoms with Gasteiger partial charge in [-0.2, -0.15) is 0 Å². The SMILES string of the molecule is CC(C)[C@@H](NC(=O)c1ccccc1F)c1cc(=O)[nH]c(-c2ccncc2)n1. The number of hydrogen-bond acceptors (Lipinski definition) is 4. The Kier molecular flexibility index (Phi) is 5.40. The number of nitrogens with zero attached hydrogens (tertiary/aromatic N) is 2. The van der Waals surface area contributed by atoms with Crippen molar-refractivity contribution in [2.45, 2.75) is 19.9 Å². The van der Waals surface area contributed by atoms with E-state index in [9.17, 15) is 14.0 Å². The molecule has 1 amide bonds. The van der Waals surface area contributed by atoms with Crippen LogP contribution in [0, 0.1) is 11.7 Å². The minimum atomic E-state index is -0.603. The highest BCUT2D eigenvalue weighted by Crippen LogP contribution is 2.22. The van der Waals surface area contributed by atoms with E-state index in [1.165, 1.54) is 24.3 Å². The van der Waals surface area contributed by atoms with Gasteiger partial charge in [0.2, 0.25) is 0 Å². The molecule has 2 aromatic heterocycles. The Balaban J connectivity index is 1.96. The van der Waals surface area contributed by atoms with Crippen molar-refractivity contribution in [2.24, 2.45) is 5.92 Å². The maximum absolute atomic E-state index is 13.9. The fourth-order valence-electron chi connectivity index (χ4n) is 2.73. The van der Waals surface area contributed by atoms with Gasteiger partial charge in [-0.3, -0.25) is 14.6 Å². The number of carbonyl (C=O) groups excluding carboxylic acids is 1. The fraction of sp³-hybridized carbons (Fsp3) is 0.200. The van der Waals surface area contributed by atoms with Crippen LogP contribution in [-0.2, 0) is 0 Å². The van der Waals surface area contributed by atoms with E-state index in [4.69, 9.17) is 0 Å². The van der Waals surface area contributed by atoms with Gasteiger partial charge in [-0.15, -0.1) is 0 Å². The number of carbonyl (C=O) groups is 1. The second kappa shape index (κ2) is 7.90. The monoisotopic (exact) mass is 366 g/mol. The Hall–Kier alpha value is -3.35. The van der Waals surface area contributed by atoms with Crippen LogP contribution >= 0.6 is 0 Å². The molecule has 2 N–H and O–H groups in total. The number of aromatic amines is 1. The Bertz CT molecular complexity index is 1000. The van der Waals surface area contributed by atoms with Gasteiger partial charge in [0.15, 0.2) is 0 Å². The second-order valence-corrected chi connectivity index (χ2v) is 6.43. The quantitative estimate of drug-likeness (QED) is 0.726. The first-order valence-electron chi connectivity index (χ1n) is 8.52. The van der Waals surface area contributed by atoms with E-state index >= 15 is 0 Å². The van der Waals surface area contributed by atoms with E-state index in [1.807, 2.05) is 13.8 Å². The van der Waals surface area contributed by atoms with Gasteiger partial charge >= 0.3 is 0 Å². The predicted octanol–water partition coefficient (Wildman–Crippen LogP) is 3.10. The molecule has 2 heterocycles. The normalized spacial score (nSPS) is 12.0. The zero-order chi connectivity index (χ0) is 19.4. The average Bonchev–Trinajstić information content (AvgIpc) is 2.66. The molecule has 6 nitrogen and oxygen atoms in total. The lowest BCUT2D eigenvalue weighted by Gasteiger charge is -2.22. The summed E-state index contributed by atoms with van der Waals surface area (Å²) in [4.78, 5) is 35.8. The molecule has 0 bridgehead atoms. The van der Waals surface area contributed by atoms with Crippen molar-refractivity contribution in [1.82, 2.24) is 20.3 Å². The summed E-state index contributed by atoms with van der Waals surface area (Å²) in [7, 11) is 0. The highest BCUT2D eigenvalue weighted by Gasteiger charge is 2.23. The van der Waals surface area contributed by atoms with Crippen LogP contribution < -0.4 is 10.9 Å². The van der Waals surface area contributed by atoms with Gasteiger partial charge in [-0.05, 0) is 30.2 Å². The molecule has 138 valence electrons. The van der Waals surface area contributed by atoms with Crippen LogP contribution in [0.2, 0.25) is 0 Å². The molecule has 0 radical (unpaired) electrons. The third kappa shape index (κ3) is 4.25. The fourth-order valence-corrected chi connectivity index (χ4v) is 2.73. The van der Waals surface area contributed by atoms with E-state index < -0.39 is 17.8 Å². The third-order valence-electron chi connectivity index (χ3n) is 4.11. The summed E-state index contributed by atoms with van der Waals surface area (Å²) in [6.45, 7) is 3.78. The van der Waals surface area contributed by atoms with Crippen molar-refractivity contribution in [3.8, 4) is 11.4 Å². The molecule has 27 heavy (non-hydrogen) atoms. The number of aromatic nitrogens is 3. The maximum atomic E-state index is 13.9. The minimum absolute atomic E-state index is 0.0534. The lowest BCUT2D eigenvalue weighted by molar-refractivity contribution is 0.0920. The van der Waals surface area contributed by atoms with Gasteiger partial charge in [0, 0.05) is 24.0 Å². The summed E-state index contributed by atoms with van der Waals surface area (Å²) >= 11 is 0. The summed E-state index contributed by atoms with van der Waals surface area (Å²) in [5, 5.41) is 2.79. The number of pyridine rings is 1. The van der Waals surface area contributed by atoms with E-state index in [0.29, 0.717) is 17.1 Å². The molecule has 7 heteroatoms. The Morgan fingerprint density at radius 1 is 1.15 bits per heavy atom. The van der Waals surface area contributed by atoms with Gasteiger partial charge in [-0.1, -0.05) is 26.0 Å². The number of H-pyrrole nitrogens is 1. The van der Waals surface area contributed by atoms with Crippen LogP contribution in [0.4, 0.5) is 4.39 Å². The molecule has 1 atom stereocenters. The number of rotatable bonds is 5. The molecule has 1 aromatic carbocycles. The van der Waals surface area contributed by atoms with Crippen molar-refractivity contribution >= 4 is 5.91 Å². The van der Waals surface area contributed by atoms with Gasteiger partial charge in [0.05, 0.1) is 17.3 Å². The zero-order valence-electron chi connectivity index (χ0n) is 14.9. The molecule has 0 saturated carbocycles. The van der Waals surface area contributed by atoms with Crippen LogP contribution in [0.25, 0.3) is 11.4 Å². The molecule has 0 aliphatic carbocycles. The first kappa shape index (κ1) is 18.4. The molecule has 0 saturated heterocycles. The van der Waals surface area contributed by atoms with Gasteiger partial charge in [0.1, 0.15) is 11.6 Å². The number of hydrogen-bond donors (Lipinski definition) is 2. The molecule has 0 spiro atoms.